The zero-order valence-corrected chi connectivity index (χ0v) is 18.9. The second-order valence-electron chi connectivity index (χ2n) is 7.63. The molecular formula is C25H21Cl2N3O2. The molecule has 0 atom stereocenters. The van der Waals surface area contributed by atoms with E-state index in [1.165, 1.54) is 0 Å². The number of pyridine rings is 1. The molecule has 0 fully saturated rings. The number of hydrogen-bond donors (Lipinski definition) is 2. The van der Waals surface area contributed by atoms with Crippen LogP contribution in [0.3, 0.4) is 0 Å². The summed E-state index contributed by atoms with van der Waals surface area (Å²) < 4.78 is 0. The van der Waals surface area contributed by atoms with Crippen molar-refractivity contribution in [1.82, 2.24) is 9.88 Å². The largest absolute Gasteiger partial charge is 0.322 e. The van der Waals surface area contributed by atoms with E-state index >= 15 is 0 Å². The van der Waals surface area contributed by atoms with Crippen molar-refractivity contribution in [2.45, 2.75) is 20.0 Å². The number of nitrogens with zero attached hydrogens (tertiary/aromatic N) is 1. The van der Waals surface area contributed by atoms with E-state index in [2.05, 4.69) is 10.3 Å². The Labute approximate surface area is 195 Å². The number of urea groups is 1. The molecule has 1 heterocycles. The van der Waals surface area contributed by atoms with Crippen LogP contribution >= 0.6 is 23.2 Å². The molecule has 7 heteroatoms. The second-order valence-corrected chi connectivity index (χ2v) is 8.51. The van der Waals surface area contributed by atoms with Gasteiger partial charge in [0, 0.05) is 33.4 Å². The topological polar surface area (TPSA) is 65.2 Å². The van der Waals surface area contributed by atoms with Crippen molar-refractivity contribution in [3.05, 3.63) is 110 Å². The summed E-state index contributed by atoms with van der Waals surface area (Å²) in [4.78, 5) is 30.4. The molecule has 0 radical (unpaired) electrons. The van der Waals surface area contributed by atoms with Gasteiger partial charge in [-0.15, -0.1) is 0 Å². The van der Waals surface area contributed by atoms with Crippen molar-refractivity contribution in [2.24, 2.45) is 0 Å². The Morgan fingerprint density at radius 3 is 2.25 bits per heavy atom. The van der Waals surface area contributed by atoms with Crippen LogP contribution in [0.1, 0.15) is 16.7 Å². The third-order valence-corrected chi connectivity index (χ3v) is 5.61. The Kier molecular flexibility index (Phi) is 6.49. The van der Waals surface area contributed by atoms with Crippen molar-refractivity contribution < 1.29 is 4.79 Å². The summed E-state index contributed by atoms with van der Waals surface area (Å²) in [6.07, 6.45) is 0. The quantitative estimate of drug-likeness (QED) is 0.359. The van der Waals surface area contributed by atoms with Gasteiger partial charge >= 0.3 is 6.03 Å². The van der Waals surface area contributed by atoms with Gasteiger partial charge in [-0.05, 0) is 72.5 Å². The first kappa shape index (κ1) is 21.9. The molecule has 32 heavy (non-hydrogen) atoms. The van der Waals surface area contributed by atoms with Crippen LogP contribution in [0.4, 0.5) is 10.5 Å². The van der Waals surface area contributed by atoms with E-state index in [0.29, 0.717) is 27.8 Å². The fourth-order valence-corrected chi connectivity index (χ4v) is 3.69. The molecule has 0 aliphatic carbocycles. The number of H-pyrrole nitrogens is 1. The second kappa shape index (κ2) is 9.47. The number of benzene rings is 3. The Hall–Kier alpha value is -3.28. The monoisotopic (exact) mass is 465 g/mol. The smallest absolute Gasteiger partial charge is 0.322 e. The predicted molar refractivity (Wildman–Crippen MR) is 130 cm³/mol. The van der Waals surface area contributed by atoms with Crippen molar-refractivity contribution in [1.29, 1.82) is 0 Å². The van der Waals surface area contributed by atoms with Gasteiger partial charge in [0.05, 0.1) is 6.54 Å². The van der Waals surface area contributed by atoms with Crippen LogP contribution in [0.25, 0.3) is 10.9 Å². The number of fused-ring (bicyclic) bond motifs is 1. The Balaban J connectivity index is 1.64. The number of amides is 2. The number of nitrogens with one attached hydrogen (secondary N) is 2. The van der Waals surface area contributed by atoms with Gasteiger partial charge in [-0.25, -0.2) is 4.79 Å². The number of carbonyl (C=O) groups is 1. The molecule has 1 aromatic heterocycles. The molecule has 0 saturated carbocycles. The van der Waals surface area contributed by atoms with E-state index < -0.39 is 0 Å². The number of aromatic nitrogens is 1. The molecule has 0 aliphatic heterocycles. The summed E-state index contributed by atoms with van der Waals surface area (Å²) in [7, 11) is 0. The van der Waals surface area contributed by atoms with Crippen molar-refractivity contribution in [3.8, 4) is 0 Å². The van der Waals surface area contributed by atoms with E-state index in [4.69, 9.17) is 23.2 Å². The van der Waals surface area contributed by atoms with Crippen LogP contribution in [0.5, 0.6) is 0 Å². The van der Waals surface area contributed by atoms with Crippen LogP contribution in [0.15, 0.2) is 77.6 Å². The lowest BCUT2D eigenvalue weighted by molar-refractivity contribution is 0.206. The average Bonchev–Trinajstić information content (AvgIpc) is 2.77. The highest BCUT2D eigenvalue weighted by Crippen LogP contribution is 2.18. The molecule has 0 aliphatic rings. The Bertz CT molecular complexity index is 1320. The molecule has 2 amide bonds. The van der Waals surface area contributed by atoms with Crippen LogP contribution in [0.2, 0.25) is 10.0 Å². The average molecular weight is 466 g/mol. The summed E-state index contributed by atoms with van der Waals surface area (Å²) in [5.74, 6) is 0. The highest BCUT2D eigenvalue weighted by Gasteiger charge is 2.17. The Morgan fingerprint density at radius 2 is 1.56 bits per heavy atom. The first-order valence-electron chi connectivity index (χ1n) is 10.1. The SMILES string of the molecule is Cc1ccc2[nH]c(=O)c(CN(Cc3ccc(Cl)cc3)C(=O)Nc3ccc(Cl)cc3)cc2c1. The molecule has 4 rings (SSSR count). The summed E-state index contributed by atoms with van der Waals surface area (Å²) in [6.45, 7) is 2.44. The maximum absolute atomic E-state index is 13.1. The van der Waals surface area contributed by atoms with E-state index in [-0.39, 0.29) is 18.1 Å². The summed E-state index contributed by atoms with van der Waals surface area (Å²) >= 11 is 11.9. The fourth-order valence-electron chi connectivity index (χ4n) is 3.44. The number of aromatic amines is 1. The van der Waals surface area contributed by atoms with E-state index in [1.54, 1.807) is 41.3 Å². The predicted octanol–water partition coefficient (Wildman–Crippen LogP) is 6.38. The minimum absolute atomic E-state index is 0.140. The summed E-state index contributed by atoms with van der Waals surface area (Å²) in [6, 6.07) is 21.5. The number of hydrogen-bond acceptors (Lipinski definition) is 2. The van der Waals surface area contributed by atoms with Crippen LogP contribution < -0.4 is 10.9 Å². The van der Waals surface area contributed by atoms with E-state index in [9.17, 15) is 9.59 Å². The van der Waals surface area contributed by atoms with Gasteiger partial charge in [-0.2, -0.15) is 0 Å². The lowest BCUT2D eigenvalue weighted by Gasteiger charge is -2.23. The molecule has 5 nitrogen and oxygen atoms in total. The van der Waals surface area contributed by atoms with Gasteiger partial charge in [0.25, 0.3) is 5.56 Å². The standard InChI is InChI=1S/C25H21Cl2N3O2/c1-16-2-11-23-18(12-16)13-19(24(31)29-23)15-30(14-17-3-5-20(26)6-4-17)25(32)28-22-9-7-21(27)8-10-22/h2-13H,14-15H2,1H3,(H,28,32)(H,29,31). The Morgan fingerprint density at radius 1 is 0.906 bits per heavy atom. The van der Waals surface area contributed by atoms with Crippen molar-refractivity contribution in [3.63, 3.8) is 0 Å². The first-order chi connectivity index (χ1) is 15.4. The van der Waals surface area contributed by atoms with Crippen LogP contribution in [-0.2, 0) is 13.1 Å². The summed E-state index contributed by atoms with van der Waals surface area (Å²) in [5, 5.41) is 5.00. The zero-order valence-electron chi connectivity index (χ0n) is 17.4. The zero-order chi connectivity index (χ0) is 22.7. The van der Waals surface area contributed by atoms with Crippen LogP contribution in [-0.4, -0.2) is 15.9 Å². The van der Waals surface area contributed by atoms with Gasteiger partial charge in [-0.3, -0.25) is 4.79 Å². The molecule has 0 saturated heterocycles. The first-order valence-corrected chi connectivity index (χ1v) is 10.8. The lowest BCUT2D eigenvalue weighted by atomic mass is 10.1. The molecule has 0 spiro atoms. The normalized spacial score (nSPS) is 10.8. The van der Waals surface area contributed by atoms with Gasteiger partial charge in [0.15, 0.2) is 0 Å². The van der Waals surface area contributed by atoms with Crippen molar-refractivity contribution in [2.75, 3.05) is 5.32 Å². The molecule has 3 aromatic carbocycles. The summed E-state index contributed by atoms with van der Waals surface area (Å²) in [5.41, 5.74) is 3.65. The number of rotatable bonds is 5. The maximum Gasteiger partial charge on any atom is 0.322 e. The fraction of sp³-hybridized carbons (Fsp3) is 0.120. The third-order valence-electron chi connectivity index (χ3n) is 5.11. The molecule has 0 unspecified atom stereocenters. The van der Waals surface area contributed by atoms with Gasteiger partial charge < -0.3 is 15.2 Å². The van der Waals surface area contributed by atoms with Crippen molar-refractivity contribution >= 4 is 45.8 Å². The van der Waals surface area contributed by atoms with Crippen LogP contribution in [0, 0.1) is 6.92 Å². The lowest BCUT2D eigenvalue weighted by Crippen LogP contribution is -2.35. The van der Waals surface area contributed by atoms with Gasteiger partial charge in [0.1, 0.15) is 0 Å². The molecule has 4 aromatic rings. The third kappa shape index (κ3) is 5.31. The number of anilines is 1. The van der Waals surface area contributed by atoms with Gasteiger partial charge in [0.2, 0.25) is 0 Å². The molecule has 162 valence electrons. The highest BCUT2D eigenvalue weighted by molar-refractivity contribution is 6.30. The minimum Gasteiger partial charge on any atom is -0.322 e. The number of aryl methyl sites for hydroxylation is 1. The minimum atomic E-state index is -0.328. The number of carbonyl (C=O) groups excluding carboxylic acids is 1. The molecular weight excluding hydrogens is 445 g/mol. The maximum atomic E-state index is 13.1. The van der Waals surface area contributed by atoms with E-state index in [1.807, 2.05) is 43.3 Å². The number of halogens is 2. The van der Waals surface area contributed by atoms with E-state index in [0.717, 1.165) is 22.0 Å². The molecule has 2 N–H and O–H groups in total. The van der Waals surface area contributed by atoms with Gasteiger partial charge in [-0.1, -0.05) is 47.0 Å². The highest BCUT2D eigenvalue weighted by atomic mass is 35.5. The molecule has 0 bridgehead atoms.